The standard InChI is InChI=1S/C18H29NO/c1-3-5-15-8-10-18(13-19,11-9-15)17(20)16-7-4-6-14(2)12-16/h4,6-7,12,15,17,20H,3,5,8-11,13,19H2,1-2H3. The highest BCUT2D eigenvalue weighted by Crippen LogP contribution is 2.47. The first-order chi connectivity index (χ1) is 9.61. The van der Waals surface area contributed by atoms with Gasteiger partial charge in [0.15, 0.2) is 0 Å². The number of aryl methyl sites for hydroxylation is 1. The summed E-state index contributed by atoms with van der Waals surface area (Å²) in [4.78, 5) is 0. The Kier molecular flexibility index (Phi) is 5.22. The highest BCUT2D eigenvalue weighted by Gasteiger charge is 2.40. The van der Waals surface area contributed by atoms with Gasteiger partial charge in [-0.05, 0) is 44.1 Å². The molecule has 1 aliphatic carbocycles. The van der Waals surface area contributed by atoms with E-state index in [1.165, 1.54) is 31.2 Å². The topological polar surface area (TPSA) is 46.2 Å². The molecule has 0 heterocycles. The maximum absolute atomic E-state index is 10.9. The molecule has 2 nitrogen and oxygen atoms in total. The number of aliphatic hydroxyl groups excluding tert-OH is 1. The summed E-state index contributed by atoms with van der Waals surface area (Å²) in [6.07, 6.45) is 6.71. The lowest BCUT2D eigenvalue weighted by Gasteiger charge is -2.43. The molecule has 1 aliphatic rings. The molecule has 1 unspecified atom stereocenters. The van der Waals surface area contributed by atoms with Crippen LogP contribution in [0.15, 0.2) is 24.3 Å². The minimum absolute atomic E-state index is 0.113. The van der Waals surface area contributed by atoms with Crippen LogP contribution in [0.5, 0.6) is 0 Å². The zero-order valence-electron chi connectivity index (χ0n) is 12.9. The molecule has 1 fully saturated rings. The lowest BCUT2D eigenvalue weighted by atomic mass is 9.65. The first-order valence-electron chi connectivity index (χ1n) is 8.06. The molecular weight excluding hydrogens is 246 g/mol. The van der Waals surface area contributed by atoms with E-state index in [9.17, 15) is 5.11 Å². The molecule has 0 aromatic heterocycles. The predicted octanol–water partition coefficient (Wildman–Crippen LogP) is 3.96. The lowest BCUT2D eigenvalue weighted by molar-refractivity contribution is -0.0108. The second-order valence-corrected chi connectivity index (χ2v) is 6.62. The average Bonchev–Trinajstić information content (AvgIpc) is 2.48. The largest absolute Gasteiger partial charge is 0.388 e. The Hall–Kier alpha value is -0.860. The van der Waals surface area contributed by atoms with Crippen molar-refractivity contribution in [2.45, 2.75) is 58.5 Å². The monoisotopic (exact) mass is 275 g/mol. The van der Waals surface area contributed by atoms with Gasteiger partial charge in [0.25, 0.3) is 0 Å². The van der Waals surface area contributed by atoms with E-state index in [0.29, 0.717) is 6.54 Å². The number of benzene rings is 1. The Balaban J connectivity index is 2.11. The van der Waals surface area contributed by atoms with Gasteiger partial charge in [-0.25, -0.2) is 0 Å². The molecule has 0 aliphatic heterocycles. The fourth-order valence-corrected chi connectivity index (χ4v) is 3.73. The van der Waals surface area contributed by atoms with Crippen molar-refractivity contribution in [2.75, 3.05) is 6.54 Å². The van der Waals surface area contributed by atoms with E-state index in [1.807, 2.05) is 12.1 Å². The van der Waals surface area contributed by atoms with Crippen LogP contribution in [0.4, 0.5) is 0 Å². The first-order valence-corrected chi connectivity index (χ1v) is 8.06. The molecule has 0 saturated heterocycles. The SMILES string of the molecule is CCCC1CCC(CN)(C(O)c2cccc(C)c2)CC1. The molecule has 0 spiro atoms. The van der Waals surface area contributed by atoms with E-state index in [4.69, 9.17) is 5.73 Å². The van der Waals surface area contributed by atoms with Crippen molar-refractivity contribution in [1.29, 1.82) is 0 Å². The summed E-state index contributed by atoms with van der Waals surface area (Å²) >= 11 is 0. The molecule has 0 amide bonds. The van der Waals surface area contributed by atoms with Crippen LogP contribution >= 0.6 is 0 Å². The van der Waals surface area contributed by atoms with E-state index < -0.39 is 6.10 Å². The Bertz CT molecular complexity index is 421. The molecule has 2 heteroatoms. The van der Waals surface area contributed by atoms with Crippen LogP contribution < -0.4 is 5.73 Å². The van der Waals surface area contributed by atoms with Gasteiger partial charge in [0.05, 0.1) is 6.10 Å². The summed E-state index contributed by atoms with van der Waals surface area (Å²) in [6.45, 7) is 4.91. The molecule has 0 radical (unpaired) electrons. The maximum atomic E-state index is 10.9. The molecule has 1 atom stereocenters. The molecule has 3 N–H and O–H groups in total. The molecule has 1 saturated carbocycles. The van der Waals surface area contributed by atoms with Crippen molar-refractivity contribution in [2.24, 2.45) is 17.1 Å². The van der Waals surface area contributed by atoms with Crippen molar-refractivity contribution >= 4 is 0 Å². The highest BCUT2D eigenvalue weighted by atomic mass is 16.3. The smallest absolute Gasteiger partial charge is 0.0858 e. The Labute approximate surface area is 123 Å². The summed E-state index contributed by atoms with van der Waals surface area (Å²) in [6, 6.07) is 8.23. The van der Waals surface area contributed by atoms with Gasteiger partial charge < -0.3 is 10.8 Å². The van der Waals surface area contributed by atoms with Gasteiger partial charge in [0, 0.05) is 12.0 Å². The minimum Gasteiger partial charge on any atom is -0.388 e. The van der Waals surface area contributed by atoms with E-state index in [0.717, 1.165) is 24.3 Å². The molecule has 20 heavy (non-hydrogen) atoms. The van der Waals surface area contributed by atoms with Crippen molar-refractivity contribution in [3.63, 3.8) is 0 Å². The molecule has 1 aromatic carbocycles. The van der Waals surface area contributed by atoms with E-state index >= 15 is 0 Å². The van der Waals surface area contributed by atoms with Gasteiger partial charge in [0.1, 0.15) is 0 Å². The summed E-state index contributed by atoms with van der Waals surface area (Å²) in [5.74, 6) is 0.837. The van der Waals surface area contributed by atoms with Crippen LogP contribution in [-0.4, -0.2) is 11.7 Å². The average molecular weight is 275 g/mol. The third-order valence-corrected chi connectivity index (χ3v) is 5.14. The molecule has 1 aromatic rings. The van der Waals surface area contributed by atoms with Gasteiger partial charge in [0.2, 0.25) is 0 Å². The van der Waals surface area contributed by atoms with E-state index in [2.05, 4.69) is 26.0 Å². The summed E-state index contributed by atoms with van der Waals surface area (Å²) < 4.78 is 0. The van der Waals surface area contributed by atoms with Crippen LogP contribution in [0.2, 0.25) is 0 Å². The zero-order chi connectivity index (χ0) is 14.6. The Morgan fingerprint density at radius 2 is 2.05 bits per heavy atom. The van der Waals surface area contributed by atoms with Crippen LogP contribution in [-0.2, 0) is 0 Å². The van der Waals surface area contributed by atoms with Crippen molar-refractivity contribution in [3.8, 4) is 0 Å². The van der Waals surface area contributed by atoms with Crippen LogP contribution in [0.1, 0.15) is 62.7 Å². The van der Waals surface area contributed by atoms with Gasteiger partial charge >= 0.3 is 0 Å². The molecular formula is C18H29NO. The summed E-state index contributed by atoms with van der Waals surface area (Å²) in [5, 5.41) is 10.9. The molecule has 2 rings (SSSR count). The molecule has 0 bridgehead atoms. The summed E-state index contributed by atoms with van der Waals surface area (Å²) in [7, 11) is 0. The van der Waals surface area contributed by atoms with Gasteiger partial charge in [-0.2, -0.15) is 0 Å². The van der Waals surface area contributed by atoms with Gasteiger partial charge in [-0.1, -0.05) is 49.6 Å². The summed E-state index contributed by atoms with van der Waals surface area (Å²) in [5.41, 5.74) is 8.19. The van der Waals surface area contributed by atoms with Gasteiger partial charge in [-0.3, -0.25) is 0 Å². The third kappa shape index (κ3) is 3.24. The predicted molar refractivity (Wildman–Crippen MR) is 84.5 cm³/mol. The quantitative estimate of drug-likeness (QED) is 0.854. The second-order valence-electron chi connectivity index (χ2n) is 6.62. The first kappa shape index (κ1) is 15.5. The Morgan fingerprint density at radius 3 is 2.60 bits per heavy atom. The maximum Gasteiger partial charge on any atom is 0.0858 e. The van der Waals surface area contributed by atoms with Gasteiger partial charge in [-0.15, -0.1) is 0 Å². The van der Waals surface area contributed by atoms with Crippen molar-refractivity contribution in [1.82, 2.24) is 0 Å². The van der Waals surface area contributed by atoms with Crippen molar-refractivity contribution in [3.05, 3.63) is 35.4 Å². The highest BCUT2D eigenvalue weighted by molar-refractivity contribution is 5.26. The van der Waals surface area contributed by atoms with Crippen LogP contribution in [0.3, 0.4) is 0 Å². The van der Waals surface area contributed by atoms with Crippen molar-refractivity contribution < 1.29 is 5.11 Å². The Morgan fingerprint density at radius 1 is 1.35 bits per heavy atom. The third-order valence-electron chi connectivity index (χ3n) is 5.14. The number of aliphatic hydroxyl groups is 1. The number of hydrogen-bond acceptors (Lipinski definition) is 2. The van der Waals surface area contributed by atoms with Crippen LogP contribution in [0, 0.1) is 18.3 Å². The zero-order valence-corrected chi connectivity index (χ0v) is 12.9. The second kappa shape index (κ2) is 6.73. The van der Waals surface area contributed by atoms with E-state index in [1.54, 1.807) is 0 Å². The number of nitrogens with two attached hydrogens (primary N) is 1. The number of rotatable bonds is 5. The van der Waals surface area contributed by atoms with E-state index in [-0.39, 0.29) is 5.41 Å². The lowest BCUT2D eigenvalue weighted by Crippen LogP contribution is -2.40. The van der Waals surface area contributed by atoms with Crippen LogP contribution in [0.25, 0.3) is 0 Å². The fraction of sp³-hybridized carbons (Fsp3) is 0.667. The minimum atomic E-state index is -0.421. The normalized spacial score (nSPS) is 28.3. The number of hydrogen-bond donors (Lipinski definition) is 2. The molecule has 112 valence electrons. The fourth-order valence-electron chi connectivity index (χ4n) is 3.73.